The van der Waals surface area contributed by atoms with Crippen LogP contribution in [0.4, 0.5) is 0 Å². The third kappa shape index (κ3) is 3.46. The van der Waals surface area contributed by atoms with Crippen LogP contribution in [0.3, 0.4) is 0 Å². The van der Waals surface area contributed by atoms with E-state index in [4.69, 9.17) is 9.47 Å². The molecule has 0 amide bonds. The minimum Gasteiger partial charge on any atom is -0.493 e. The lowest BCUT2D eigenvalue weighted by Crippen LogP contribution is -1.94. The van der Waals surface area contributed by atoms with Gasteiger partial charge in [0, 0.05) is 0 Å². The molecule has 0 aliphatic rings. The lowest BCUT2D eigenvalue weighted by Gasteiger charge is -2.08. The fourth-order valence-electron chi connectivity index (χ4n) is 0.921. The first-order valence-electron chi connectivity index (χ1n) is 4.24. The third-order valence-electron chi connectivity index (χ3n) is 1.56. The van der Waals surface area contributed by atoms with Crippen LogP contribution in [0.15, 0.2) is 23.7 Å². The van der Waals surface area contributed by atoms with E-state index in [2.05, 4.69) is 6.92 Å². The number of hydrogen-bond donors (Lipinski definition) is 0. The largest absolute Gasteiger partial charge is 0.493 e. The zero-order valence-electron chi connectivity index (χ0n) is 8.39. The Bertz CT molecular complexity index is 169. The summed E-state index contributed by atoms with van der Waals surface area (Å²) in [5.41, 5.74) is 0. The van der Waals surface area contributed by atoms with Gasteiger partial charge in [-0.15, -0.1) is 0 Å². The average Bonchev–Trinajstić information content (AvgIpc) is 2.12. The van der Waals surface area contributed by atoms with Crippen molar-refractivity contribution in [3.05, 3.63) is 23.7 Å². The van der Waals surface area contributed by atoms with Gasteiger partial charge in [0.25, 0.3) is 0 Å². The van der Waals surface area contributed by atoms with Gasteiger partial charge in [-0.05, 0) is 25.5 Å². The smallest absolute Gasteiger partial charge is 0.156 e. The van der Waals surface area contributed by atoms with Crippen molar-refractivity contribution >= 4 is 0 Å². The van der Waals surface area contributed by atoms with E-state index >= 15 is 0 Å². The maximum atomic E-state index is 5.16. The maximum Gasteiger partial charge on any atom is 0.156 e. The minimum atomic E-state index is 0.797. The molecule has 2 heteroatoms. The summed E-state index contributed by atoms with van der Waals surface area (Å²) in [4.78, 5) is 0. The van der Waals surface area contributed by atoms with Crippen molar-refractivity contribution in [2.75, 3.05) is 14.2 Å². The second-order valence-corrected chi connectivity index (χ2v) is 2.42. The molecule has 0 saturated carbocycles. The van der Waals surface area contributed by atoms with Gasteiger partial charge >= 0.3 is 0 Å². The second kappa shape index (κ2) is 6.77. The van der Waals surface area contributed by atoms with E-state index in [0.29, 0.717) is 0 Å². The van der Waals surface area contributed by atoms with Crippen LogP contribution in [-0.4, -0.2) is 14.2 Å². The molecule has 2 nitrogen and oxygen atoms in total. The van der Waals surface area contributed by atoms with Gasteiger partial charge in [-0.1, -0.05) is 13.3 Å². The van der Waals surface area contributed by atoms with E-state index in [9.17, 15) is 0 Å². The number of unbranched alkanes of at least 4 members (excludes halogenated alkanes) is 1. The molecule has 12 heavy (non-hydrogen) atoms. The number of hydrogen-bond acceptors (Lipinski definition) is 2. The van der Waals surface area contributed by atoms with Gasteiger partial charge in [0.2, 0.25) is 0 Å². The molecule has 0 radical (unpaired) electrons. The molecule has 0 N–H and O–H groups in total. The predicted molar refractivity (Wildman–Crippen MR) is 50.8 cm³/mol. The molecule has 0 saturated heterocycles. The normalized spacial score (nSPS) is 13.0. The van der Waals surface area contributed by atoms with Crippen LogP contribution in [-0.2, 0) is 9.47 Å². The first-order chi connectivity index (χ1) is 5.79. The van der Waals surface area contributed by atoms with Crippen molar-refractivity contribution in [1.29, 1.82) is 0 Å². The minimum absolute atomic E-state index is 0.797. The summed E-state index contributed by atoms with van der Waals surface area (Å²) in [6.45, 7) is 4.06. The molecule has 0 aromatic heterocycles. The molecule has 0 bridgehead atoms. The van der Waals surface area contributed by atoms with E-state index in [1.807, 2.05) is 19.1 Å². The van der Waals surface area contributed by atoms with E-state index in [0.717, 1.165) is 24.4 Å². The quantitative estimate of drug-likeness (QED) is 0.466. The number of ether oxygens (including phenoxy) is 2. The van der Waals surface area contributed by atoms with Gasteiger partial charge in [-0.25, -0.2) is 0 Å². The van der Waals surface area contributed by atoms with Gasteiger partial charge in [0.15, 0.2) is 11.5 Å². The van der Waals surface area contributed by atoms with E-state index < -0.39 is 0 Å². The van der Waals surface area contributed by atoms with Crippen LogP contribution in [0.1, 0.15) is 26.7 Å². The summed E-state index contributed by atoms with van der Waals surface area (Å²) in [5.74, 6) is 1.62. The molecule has 0 spiro atoms. The van der Waals surface area contributed by atoms with Crippen LogP contribution in [0.2, 0.25) is 0 Å². The fourth-order valence-corrected chi connectivity index (χ4v) is 0.921. The highest BCUT2D eigenvalue weighted by Gasteiger charge is 2.01. The summed E-state index contributed by atoms with van der Waals surface area (Å²) in [5, 5.41) is 0. The lowest BCUT2D eigenvalue weighted by molar-refractivity contribution is 0.218. The summed E-state index contributed by atoms with van der Waals surface area (Å²) in [6, 6.07) is 0. The summed E-state index contributed by atoms with van der Waals surface area (Å²) in [7, 11) is 3.30. The molecule has 0 rings (SSSR count). The van der Waals surface area contributed by atoms with Crippen molar-refractivity contribution in [3.8, 4) is 0 Å². The molecule has 0 heterocycles. The number of allylic oxidation sites excluding steroid dienone is 2. The zero-order valence-corrected chi connectivity index (χ0v) is 8.39. The standard InChI is InChI=1S/C10H18O2/c1-5-7-8-10(12-4)9(6-2)11-3/h6,8H,5,7H2,1-4H3/b9-6+,10-8+. The van der Waals surface area contributed by atoms with Crippen LogP contribution >= 0.6 is 0 Å². The molecule has 0 unspecified atom stereocenters. The molecule has 0 fully saturated rings. The van der Waals surface area contributed by atoms with Gasteiger partial charge < -0.3 is 9.47 Å². The van der Waals surface area contributed by atoms with Crippen molar-refractivity contribution in [1.82, 2.24) is 0 Å². The van der Waals surface area contributed by atoms with Crippen LogP contribution in [0.25, 0.3) is 0 Å². The van der Waals surface area contributed by atoms with E-state index in [1.54, 1.807) is 14.2 Å². The molecular formula is C10H18O2. The highest BCUT2D eigenvalue weighted by molar-refractivity contribution is 5.19. The SMILES string of the molecule is C/C=C(OC)\C(=C/CCC)OC. The Balaban J connectivity index is 4.31. The zero-order chi connectivity index (χ0) is 9.40. The second-order valence-electron chi connectivity index (χ2n) is 2.42. The monoisotopic (exact) mass is 170 g/mol. The van der Waals surface area contributed by atoms with Gasteiger partial charge in [-0.3, -0.25) is 0 Å². The fraction of sp³-hybridized carbons (Fsp3) is 0.600. The topological polar surface area (TPSA) is 18.5 Å². The average molecular weight is 170 g/mol. The van der Waals surface area contributed by atoms with Crippen molar-refractivity contribution in [2.45, 2.75) is 26.7 Å². The van der Waals surface area contributed by atoms with Gasteiger partial charge in [0.05, 0.1) is 14.2 Å². The Kier molecular flexibility index (Phi) is 6.25. The maximum absolute atomic E-state index is 5.16. The summed E-state index contributed by atoms with van der Waals surface area (Å²) in [6.07, 6.45) is 6.07. The van der Waals surface area contributed by atoms with Crippen LogP contribution in [0.5, 0.6) is 0 Å². The molecule has 70 valence electrons. The predicted octanol–water partition coefficient (Wildman–Crippen LogP) is 2.87. The van der Waals surface area contributed by atoms with Crippen molar-refractivity contribution in [2.24, 2.45) is 0 Å². The van der Waals surface area contributed by atoms with Crippen molar-refractivity contribution < 1.29 is 9.47 Å². The molecule has 0 aromatic carbocycles. The first kappa shape index (κ1) is 11.1. The number of methoxy groups -OCH3 is 2. The Morgan fingerprint density at radius 3 is 2.08 bits per heavy atom. The van der Waals surface area contributed by atoms with Gasteiger partial charge in [-0.2, -0.15) is 0 Å². The number of rotatable bonds is 5. The molecule has 0 aliphatic carbocycles. The van der Waals surface area contributed by atoms with Crippen molar-refractivity contribution in [3.63, 3.8) is 0 Å². The Hall–Kier alpha value is -0.920. The molecule has 0 atom stereocenters. The van der Waals surface area contributed by atoms with Crippen LogP contribution in [0, 0.1) is 0 Å². The Morgan fingerprint density at radius 2 is 1.75 bits per heavy atom. The highest BCUT2D eigenvalue weighted by atomic mass is 16.5. The van der Waals surface area contributed by atoms with E-state index in [-0.39, 0.29) is 0 Å². The van der Waals surface area contributed by atoms with E-state index in [1.165, 1.54) is 0 Å². The summed E-state index contributed by atoms with van der Waals surface area (Å²) >= 11 is 0. The van der Waals surface area contributed by atoms with Crippen LogP contribution < -0.4 is 0 Å². The molecule has 0 aliphatic heterocycles. The Morgan fingerprint density at radius 1 is 1.17 bits per heavy atom. The Labute approximate surface area is 74.9 Å². The van der Waals surface area contributed by atoms with Gasteiger partial charge in [0.1, 0.15) is 0 Å². The first-order valence-corrected chi connectivity index (χ1v) is 4.24. The lowest BCUT2D eigenvalue weighted by atomic mass is 10.2. The summed E-state index contributed by atoms with van der Waals surface area (Å²) < 4.78 is 10.3. The molecule has 0 aromatic rings. The highest BCUT2D eigenvalue weighted by Crippen LogP contribution is 2.12. The molecular weight excluding hydrogens is 152 g/mol. The third-order valence-corrected chi connectivity index (χ3v) is 1.56.